The molecule has 4 unspecified atom stereocenters. The third kappa shape index (κ3) is 9.60. The minimum absolute atomic E-state index is 0.0492. The van der Waals surface area contributed by atoms with Crippen molar-refractivity contribution in [3.8, 4) is 22.3 Å². The molecule has 0 bridgehead atoms. The molecular weight excluding hydrogens is 750 g/mol. The van der Waals surface area contributed by atoms with Crippen molar-refractivity contribution in [3.05, 3.63) is 140 Å². The lowest BCUT2D eigenvalue weighted by Crippen LogP contribution is -2.28. The molecule has 0 spiro atoms. The van der Waals surface area contributed by atoms with Crippen LogP contribution in [0.1, 0.15) is 48.3 Å². The molecule has 2 N–H and O–H groups in total. The minimum Gasteiger partial charge on any atom is -0.445 e. The number of sulfonamides is 1. The number of nitrogens with one attached hydrogen (secondary N) is 2. The average molecular weight is 785 g/mol. The van der Waals surface area contributed by atoms with Crippen LogP contribution in [-0.2, 0) is 21.4 Å². The van der Waals surface area contributed by atoms with Crippen molar-refractivity contribution in [2.24, 2.45) is 0 Å². The van der Waals surface area contributed by atoms with Crippen molar-refractivity contribution in [1.82, 2.24) is 20.0 Å². The Morgan fingerprint density at radius 3 is 1.82 bits per heavy atom. The highest BCUT2D eigenvalue weighted by Gasteiger charge is 2.41. The summed E-state index contributed by atoms with van der Waals surface area (Å²) >= 11 is 24.8. The van der Waals surface area contributed by atoms with Gasteiger partial charge in [0.25, 0.3) is 0 Å². The summed E-state index contributed by atoms with van der Waals surface area (Å²) in [6, 6.07) is 24.6. The Kier molecular flexibility index (Phi) is 11.9. The fourth-order valence-electron chi connectivity index (χ4n) is 5.72. The maximum absolute atomic E-state index is 12.0. The molecule has 8 nitrogen and oxygen atoms in total. The van der Waals surface area contributed by atoms with Crippen LogP contribution in [0.5, 0.6) is 0 Å². The normalized spacial score (nSPS) is 19.0. The van der Waals surface area contributed by atoms with Crippen LogP contribution in [-0.4, -0.2) is 42.3 Å². The lowest BCUT2D eigenvalue weighted by Gasteiger charge is -2.09. The van der Waals surface area contributed by atoms with E-state index in [-0.39, 0.29) is 36.3 Å². The number of benzene rings is 3. The van der Waals surface area contributed by atoms with Crippen LogP contribution < -0.4 is 10.0 Å². The Morgan fingerprint density at radius 2 is 1.27 bits per heavy atom. The quantitative estimate of drug-likeness (QED) is 0.146. The Morgan fingerprint density at radius 1 is 0.745 bits per heavy atom. The minimum atomic E-state index is -3.18. The predicted molar refractivity (Wildman–Crippen MR) is 204 cm³/mol. The zero-order valence-electron chi connectivity index (χ0n) is 27.4. The smallest absolute Gasteiger partial charge is 0.407 e. The molecule has 0 saturated heterocycles. The number of nitrogens with zero attached hydrogens (tertiary/aromatic N) is 2. The molecule has 13 heteroatoms. The average Bonchev–Trinajstić information content (AvgIpc) is 4.07. The second kappa shape index (κ2) is 16.3. The van der Waals surface area contributed by atoms with Crippen molar-refractivity contribution in [2.45, 2.75) is 50.3 Å². The molecule has 2 aliphatic rings. The van der Waals surface area contributed by atoms with Crippen LogP contribution in [0.15, 0.2) is 104 Å². The second-order valence-electron chi connectivity index (χ2n) is 12.3. The topological polar surface area (TPSA) is 110 Å². The summed E-state index contributed by atoms with van der Waals surface area (Å²) in [6.07, 6.45) is 8.33. The maximum Gasteiger partial charge on any atom is 0.407 e. The van der Waals surface area contributed by atoms with Gasteiger partial charge in [-0.05, 0) is 60.7 Å². The van der Waals surface area contributed by atoms with Gasteiger partial charge in [-0.3, -0.25) is 9.97 Å². The van der Waals surface area contributed by atoms with E-state index in [1.807, 2.05) is 72.9 Å². The standard InChI is InChI=1S/C22H18Cl2N2O2.C16H16Cl2N2O2S/c23-19-8-4-7-17(21(19)24)15-9-16(12-25-11-15)18-10-20(18)26-22(27)28-13-14-5-2-1-3-6-14;1-2-23(21,22)20-15-7-13(15)11-6-10(8-19-9-11)12-4-3-5-14(17)16(12)18/h1-9,11-12,18,20H,10,13H2,(H,26,27);3-6,8-9,13,15,20H,2,7H2,1H3. The van der Waals surface area contributed by atoms with Crippen LogP contribution in [0, 0.1) is 0 Å². The first-order valence-electron chi connectivity index (χ1n) is 16.3. The number of rotatable bonds is 10. The Bertz CT molecular complexity index is 2140. The molecule has 3 aromatic carbocycles. The largest absolute Gasteiger partial charge is 0.445 e. The maximum atomic E-state index is 12.0. The molecule has 5 aromatic rings. The van der Waals surface area contributed by atoms with Crippen molar-refractivity contribution >= 4 is 62.5 Å². The molecule has 264 valence electrons. The summed E-state index contributed by atoms with van der Waals surface area (Å²) < 4.78 is 31.3. The molecule has 2 heterocycles. The molecule has 51 heavy (non-hydrogen) atoms. The molecule has 7 rings (SSSR count). The van der Waals surface area contributed by atoms with Gasteiger partial charge >= 0.3 is 6.09 Å². The molecule has 2 aromatic heterocycles. The van der Waals surface area contributed by atoms with Crippen LogP contribution in [0.4, 0.5) is 4.79 Å². The Hall–Kier alpha value is -3.70. The first kappa shape index (κ1) is 37.1. The number of carbonyl (C=O) groups excluding carboxylic acids is 1. The first-order valence-corrected chi connectivity index (χ1v) is 19.4. The van der Waals surface area contributed by atoms with E-state index in [0.717, 1.165) is 51.8 Å². The van der Waals surface area contributed by atoms with E-state index in [9.17, 15) is 13.2 Å². The molecule has 2 aliphatic carbocycles. The van der Waals surface area contributed by atoms with Gasteiger partial charge in [0.05, 0.1) is 25.8 Å². The highest BCUT2D eigenvalue weighted by atomic mass is 35.5. The Balaban J connectivity index is 0.000000179. The van der Waals surface area contributed by atoms with Gasteiger partial charge in [0.2, 0.25) is 10.0 Å². The zero-order chi connectivity index (χ0) is 36.1. The van der Waals surface area contributed by atoms with Crippen LogP contribution in [0.2, 0.25) is 20.1 Å². The molecule has 2 fully saturated rings. The van der Waals surface area contributed by atoms with Crippen LogP contribution >= 0.6 is 46.4 Å². The summed E-state index contributed by atoms with van der Waals surface area (Å²) in [5.41, 5.74) is 6.46. The fourth-order valence-corrected chi connectivity index (χ4v) is 7.42. The van der Waals surface area contributed by atoms with E-state index in [4.69, 9.17) is 51.1 Å². The van der Waals surface area contributed by atoms with Crippen LogP contribution in [0.25, 0.3) is 22.3 Å². The summed E-state index contributed by atoms with van der Waals surface area (Å²) in [7, 11) is -3.18. The van der Waals surface area contributed by atoms with Crippen molar-refractivity contribution in [3.63, 3.8) is 0 Å². The molecule has 4 atom stereocenters. The zero-order valence-corrected chi connectivity index (χ0v) is 31.2. The van der Waals surface area contributed by atoms with Gasteiger partial charge in [-0.1, -0.05) is 101 Å². The van der Waals surface area contributed by atoms with Crippen molar-refractivity contribution < 1.29 is 17.9 Å². The summed E-state index contributed by atoms with van der Waals surface area (Å²) in [4.78, 5) is 20.6. The number of alkyl carbamates (subject to hydrolysis) is 1. The van der Waals surface area contributed by atoms with E-state index in [1.165, 1.54) is 0 Å². The number of carbonyl (C=O) groups is 1. The van der Waals surface area contributed by atoms with Gasteiger partial charge in [-0.25, -0.2) is 17.9 Å². The van der Waals surface area contributed by atoms with Crippen molar-refractivity contribution in [1.29, 1.82) is 0 Å². The highest BCUT2D eigenvalue weighted by molar-refractivity contribution is 7.89. The van der Waals surface area contributed by atoms with E-state index >= 15 is 0 Å². The molecular formula is C38H34Cl4N4O4S. The van der Waals surface area contributed by atoms with E-state index in [2.05, 4.69) is 20.0 Å². The highest BCUT2D eigenvalue weighted by Crippen LogP contribution is 2.44. The monoisotopic (exact) mass is 782 g/mol. The summed E-state index contributed by atoms with van der Waals surface area (Å²) in [5.74, 6) is 0.462. The predicted octanol–water partition coefficient (Wildman–Crippen LogP) is 9.69. The Labute approximate surface area is 317 Å². The summed E-state index contributed by atoms with van der Waals surface area (Å²) in [6.45, 7) is 1.89. The molecule has 0 radical (unpaired) electrons. The lowest BCUT2D eigenvalue weighted by molar-refractivity contribution is 0.139. The van der Waals surface area contributed by atoms with Gasteiger partial charge < -0.3 is 10.1 Å². The van der Waals surface area contributed by atoms with Crippen LogP contribution in [0.3, 0.4) is 0 Å². The number of halogens is 4. The van der Waals surface area contributed by atoms with E-state index in [0.29, 0.717) is 20.1 Å². The molecule has 1 amide bonds. The van der Waals surface area contributed by atoms with Gasteiger partial charge in [-0.2, -0.15) is 0 Å². The van der Waals surface area contributed by atoms with Gasteiger partial charge in [-0.15, -0.1) is 0 Å². The first-order chi connectivity index (χ1) is 24.5. The summed E-state index contributed by atoms with van der Waals surface area (Å²) in [5, 5.41) is 4.93. The number of pyridine rings is 2. The number of amides is 1. The number of hydrogen-bond acceptors (Lipinski definition) is 6. The fraction of sp³-hybridized carbons (Fsp3) is 0.237. The third-order valence-corrected chi connectivity index (χ3v) is 11.8. The SMILES string of the molecule is CCS(=O)(=O)NC1CC1c1cncc(-c2cccc(Cl)c2Cl)c1.O=C(NC1CC1c1cncc(-c2cccc(Cl)c2Cl)c1)OCc1ccccc1. The number of aromatic nitrogens is 2. The molecule has 0 aliphatic heterocycles. The van der Waals surface area contributed by atoms with E-state index in [1.54, 1.807) is 37.6 Å². The van der Waals surface area contributed by atoms with E-state index < -0.39 is 16.1 Å². The molecule has 2 saturated carbocycles. The van der Waals surface area contributed by atoms with Gasteiger partial charge in [0.15, 0.2) is 0 Å². The number of hydrogen-bond donors (Lipinski definition) is 2. The number of ether oxygens (including phenoxy) is 1. The van der Waals surface area contributed by atoms with Crippen molar-refractivity contribution in [2.75, 3.05) is 5.75 Å². The lowest BCUT2D eigenvalue weighted by atomic mass is 10.0. The van der Waals surface area contributed by atoms with Gasteiger partial charge in [0, 0.05) is 71.0 Å². The van der Waals surface area contributed by atoms with Gasteiger partial charge in [0.1, 0.15) is 6.61 Å². The second-order valence-corrected chi connectivity index (χ2v) is 16.0. The third-order valence-electron chi connectivity index (χ3n) is 8.71.